The molecule has 0 saturated heterocycles. The van der Waals surface area contributed by atoms with Crippen molar-refractivity contribution in [2.24, 2.45) is 0 Å². The molecule has 0 heterocycles. The molecule has 88 valence electrons. The predicted octanol–water partition coefficient (Wildman–Crippen LogP) is 3.18. The number of benzene rings is 1. The average molecular weight is 288 g/mol. The second-order valence-corrected chi connectivity index (χ2v) is 4.73. The molecular weight excluding hydrogens is 273 g/mol. The Morgan fingerprint density at radius 2 is 2.12 bits per heavy atom. The van der Waals surface area contributed by atoms with Crippen molar-refractivity contribution in [2.75, 3.05) is 0 Å². The molecule has 0 aliphatic heterocycles. The van der Waals surface area contributed by atoms with Crippen molar-refractivity contribution in [3.63, 3.8) is 0 Å². The third-order valence-corrected chi connectivity index (χ3v) is 3.44. The zero-order valence-corrected chi connectivity index (χ0v) is 10.9. The Balaban J connectivity index is 2.69. The Labute approximate surface area is 103 Å². The van der Waals surface area contributed by atoms with Crippen molar-refractivity contribution >= 4 is 21.8 Å². The number of hydrogen-bond acceptors (Lipinski definition) is 1. The monoisotopic (exact) mass is 287 g/mol. The summed E-state index contributed by atoms with van der Waals surface area (Å²) in [5.74, 6) is -0.406. The lowest BCUT2D eigenvalue weighted by Gasteiger charge is -2.16. The first-order valence-electron chi connectivity index (χ1n) is 5.25. The topological polar surface area (TPSA) is 29.1 Å². The van der Waals surface area contributed by atoms with Gasteiger partial charge in [0.25, 0.3) is 0 Å². The van der Waals surface area contributed by atoms with Crippen LogP contribution in [0.3, 0.4) is 0 Å². The van der Waals surface area contributed by atoms with E-state index in [0.29, 0.717) is 12.0 Å². The van der Waals surface area contributed by atoms with Gasteiger partial charge in [-0.25, -0.2) is 4.39 Å². The van der Waals surface area contributed by atoms with E-state index in [-0.39, 0.29) is 22.6 Å². The number of hydrogen-bond donors (Lipinski definition) is 1. The van der Waals surface area contributed by atoms with Crippen LogP contribution >= 0.6 is 15.9 Å². The minimum absolute atomic E-state index is 0.113. The van der Waals surface area contributed by atoms with Gasteiger partial charge in [0, 0.05) is 5.56 Å². The quantitative estimate of drug-likeness (QED) is 0.847. The summed E-state index contributed by atoms with van der Waals surface area (Å²) < 4.78 is 13.4. The van der Waals surface area contributed by atoms with Crippen molar-refractivity contribution in [3.8, 4) is 0 Å². The summed E-state index contributed by atoms with van der Waals surface area (Å²) in [7, 11) is 0. The highest BCUT2D eigenvalue weighted by Gasteiger charge is 2.17. The van der Waals surface area contributed by atoms with Crippen LogP contribution in [0, 0.1) is 5.82 Å². The molecule has 2 unspecified atom stereocenters. The van der Waals surface area contributed by atoms with Crippen LogP contribution in [0.5, 0.6) is 0 Å². The fourth-order valence-electron chi connectivity index (χ4n) is 1.39. The Hall–Kier alpha value is -0.900. The smallest absolute Gasteiger partial charge is 0.234 e. The summed E-state index contributed by atoms with van der Waals surface area (Å²) in [6.07, 6.45) is 0.704. The summed E-state index contributed by atoms with van der Waals surface area (Å²) in [6, 6.07) is 6.14. The van der Waals surface area contributed by atoms with Crippen molar-refractivity contribution in [3.05, 3.63) is 35.6 Å². The molecule has 4 heteroatoms. The summed E-state index contributed by atoms with van der Waals surface area (Å²) in [6.45, 7) is 3.68. The fraction of sp³-hybridized carbons (Fsp3) is 0.417. The minimum Gasteiger partial charge on any atom is -0.349 e. The summed E-state index contributed by atoms with van der Waals surface area (Å²) >= 11 is 3.26. The fourth-order valence-corrected chi connectivity index (χ4v) is 1.53. The maximum absolute atomic E-state index is 13.4. The molecule has 0 fully saturated rings. The van der Waals surface area contributed by atoms with E-state index in [1.165, 1.54) is 6.07 Å². The van der Waals surface area contributed by atoms with Gasteiger partial charge in [0.2, 0.25) is 5.91 Å². The molecule has 0 radical (unpaired) electrons. The van der Waals surface area contributed by atoms with Gasteiger partial charge in [-0.3, -0.25) is 4.79 Å². The van der Waals surface area contributed by atoms with Gasteiger partial charge in [0.1, 0.15) is 5.82 Å². The second kappa shape index (κ2) is 5.99. The SMILES string of the molecule is CCC(Br)C(=O)NC(C)c1ccccc1F. The molecule has 2 atom stereocenters. The van der Waals surface area contributed by atoms with Crippen LogP contribution in [0.25, 0.3) is 0 Å². The van der Waals surface area contributed by atoms with E-state index in [2.05, 4.69) is 21.2 Å². The van der Waals surface area contributed by atoms with Gasteiger partial charge in [-0.15, -0.1) is 0 Å². The van der Waals surface area contributed by atoms with Gasteiger partial charge >= 0.3 is 0 Å². The highest BCUT2D eigenvalue weighted by Crippen LogP contribution is 2.17. The summed E-state index contributed by atoms with van der Waals surface area (Å²) in [4.78, 5) is 11.4. The maximum Gasteiger partial charge on any atom is 0.234 e. The Kier molecular flexibility index (Phi) is 4.93. The largest absolute Gasteiger partial charge is 0.349 e. The lowest BCUT2D eigenvalue weighted by molar-refractivity contribution is -0.121. The zero-order valence-electron chi connectivity index (χ0n) is 9.34. The van der Waals surface area contributed by atoms with Crippen LogP contribution in [0.1, 0.15) is 31.9 Å². The Bertz CT molecular complexity index is 370. The minimum atomic E-state index is -0.319. The number of amides is 1. The molecule has 0 aliphatic rings. The molecule has 1 rings (SSSR count). The molecule has 0 spiro atoms. The number of rotatable bonds is 4. The van der Waals surface area contributed by atoms with E-state index in [1.807, 2.05) is 6.92 Å². The first kappa shape index (κ1) is 13.2. The first-order chi connectivity index (χ1) is 7.56. The van der Waals surface area contributed by atoms with Gasteiger partial charge in [-0.2, -0.15) is 0 Å². The van der Waals surface area contributed by atoms with E-state index in [9.17, 15) is 9.18 Å². The summed E-state index contributed by atoms with van der Waals surface area (Å²) in [5.41, 5.74) is 0.506. The summed E-state index contributed by atoms with van der Waals surface area (Å²) in [5, 5.41) is 2.76. The molecular formula is C12H15BrFNO. The second-order valence-electron chi connectivity index (χ2n) is 3.63. The van der Waals surface area contributed by atoms with E-state index in [1.54, 1.807) is 25.1 Å². The molecule has 0 saturated carbocycles. The van der Waals surface area contributed by atoms with E-state index in [0.717, 1.165) is 0 Å². The van der Waals surface area contributed by atoms with Crippen molar-refractivity contribution in [1.82, 2.24) is 5.32 Å². The Morgan fingerprint density at radius 1 is 1.50 bits per heavy atom. The first-order valence-corrected chi connectivity index (χ1v) is 6.16. The van der Waals surface area contributed by atoms with Gasteiger partial charge in [-0.05, 0) is 19.4 Å². The normalized spacial score (nSPS) is 14.2. The van der Waals surface area contributed by atoms with Gasteiger partial charge in [0.15, 0.2) is 0 Å². The molecule has 0 bridgehead atoms. The third kappa shape index (κ3) is 3.30. The molecule has 1 aromatic carbocycles. The highest BCUT2D eigenvalue weighted by molar-refractivity contribution is 9.10. The van der Waals surface area contributed by atoms with Crippen molar-refractivity contribution < 1.29 is 9.18 Å². The van der Waals surface area contributed by atoms with E-state index in [4.69, 9.17) is 0 Å². The lowest BCUT2D eigenvalue weighted by atomic mass is 10.1. The molecule has 1 amide bonds. The Morgan fingerprint density at radius 3 is 2.69 bits per heavy atom. The lowest BCUT2D eigenvalue weighted by Crippen LogP contribution is -2.33. The molecule has 0 aliphatic carbocycles. The zero-order chi connectivity index (χ0) is 12.1. The standard InChI is InChI=1S/C12H15BrFNO/c1-3-10(13)12(16)15-8(2)9-6-4-5-7-11(9)14/h4-8,10H,3H2,1-2H3,(H,15,16). The van der Waals surface area contributed by atoms with Crippen LogP contribution < -0.4 is 5.32 Å². The van der Waals surface area contributed by atoms with Crippen LogP contribution in [0.4, 0.5) is 4.39 Å². The van der Waals surface area contributed by atoms with Gasteiger partial charge in [-0.1, -0.05) is 41.1 Å². The van der Waals surface area contributed by atoms with Crippen LogP contribution in [-0.4, -0.2) is 10.7 Å². The highest BCUT2D eigenvalue weighted by atomic mass is 79.9. The number of halogens is 2. The van der Waals surface area contributed by atoms with Crippen LogP contribution in [0.15, 0.2) is 24.3 Å². The molecule has 0 aromatic heterocycles. The van der Waals surface area contributed by atoms with Crippen LogP contribution in [-0.2, 0) is 4.79 Å². The van der Waals surface area contributed by atoms with E-state index >= 15 is 0 Å². The molecule has 1 N–H and O–H groups in total. The molecule has 1 aromatic rings. The molecule has 2 nitrogen and oxygen atoms in total. The maximum atomic E-state index is 13.4. The number of alkyl halides is 1. The number of carbonyl (C=O) groups excluding carboxylic acids is 1. The number of carbonyl (C=O) groups is 1. The third-order valence-electron chi connectivity index (χ3n) is 2.37. The number of nitrogens with one attached hydrogen (secondary N) is 1. The van der Waals surface area contributed by atoms with E-state index < -0.39 is 0 Å². The molecule has 16 heavy (non-hydrogen) atoms. The average Bonchev–Trinajstić information content (AvgIpc) is 2.28. The predicted molar refractivity (Wildman–Crippen MR) is 66.0 cm³/mol. The van der Waals surface area contributed by atoms with Crippen molar-refractivity contribution in [1.29, 1.82) is 0 Å². The van der Waals surface area contributed by atoms with Crippen LogP contribution in [0.2, 0.25) is 0 Å². The van der Waals surface area contributed by atoms with Crippen molar-refractivity contribution in [2.45, 2.75) is 31.1 Å². The van der Waals surface area contributed by atoms with Gasteiger partial charge < -0.3 is 5.32 Å². The van der Waals surface area contributed by atoms with Gasteiger partial charge in [0.05, 0.1) is 10.9 Å².